The van der Waals surface area contributed by atoms with Crippen molar-refractivity contribution in [1.82, 2.24) is 15.1 Å². The van der Waals surface area contributed by atoms with Crippen LogP contribution in [0.3, 0.4) is 0 Å². The number of phenolic OH excluding ortho intramolecular Hbond substituents is 1. The third-order valence-electron chi connectivity index (χ3n) is 5.72. The maximum Gasteiger partial charge on any atom is 0.149 e. The van der Waals surface area contributed by atoms with Gasteiger partial charge in [-0.25, -0.2) is 0 Å². The lowest BCUT2D eigenvalue weighted by molar-refractivity contribution is 0.260. The molecule has 1 atom stereocenters. The number of benzene rings is 1. The second kappa shape index (κ2) is 7.23. The number of rotatable bonds is 3. The lowest BCUT2D eigenvalue weighted by Gasteiger charge is -2.30. The number of hydrogen-bond donors (Lipinski definition) is 2. The molecule has 138 valence electrons. The zero-order valence-electron chi connectivity index (χ0n) is 15.8. The van der Waals surface area contributed by atoms with Crippen LogP contribution in [0.5, 0.6) is 5.75 Å². The molecule has 1 aromatic heterocycles. The first kappa shape index (κ1) is 17.3. The summed E-state index contributed by atoms with van der Waals surface area (Å²) in [6, 6.07) is 6.62. The molecule has 2 N–H and O–H groups in total. The number of fused-ring (bicyclic) bond motifs is 1. The number of likely N-dealkylation sites (tertiary alicyclic amines) is 1. The van der Waals surface area contributed by atoms with E-state index >= 15 is 0 Å². The third kappa shape index (κ3) is 3.40. The summed E-state index contributed by atoms with van der Waals surface area (Å²) in [5, 5.41) is 23.2. The van der Waals surface area contributed by atoms with Gasteiger partial charge in [-0.3, -0.25) is 0 Å². The van der Waals surface area contributed by atoms with E-state index in [0.717, 1.165) is 54.0 Å². The van der Waals surface area contributed by atoms with Crippen molar-refractivity contribution in [2.24, 2.45) is 0 Å². The number of aromatic nitrogens is 2. The molecule has 0 spiro atoms. The van der Waals surface area contributed by atoms with Crippen molar-refractivity contribution in [2.75, 3.05) is 25.5 Å². The first-order chi connectivity index (χ1) is 12.6. The Morgan fingerprint density at radius 3 is 2.81 bits per heavy atom. The number of likely N-dealkylation sites (N-methyl/N-ethyl adjacent to an activating group) is 1. The van der Waals surface area contributed by atoms with Crippen LogP contribution in [0, 0.1) is 6.92 Å². The minimum Gasteiger partial charge on any atom is -0.507 e. The Bertz CT molecular complexity index is 805. The van der Waals surface area contributed by atoms with Gasteiger partial charge in [0.15, 0.2) is 0 Å². The van der Waals surface area contributed by atoms with Gasteiger partial charge in [0.1, 0.15) is 11.6 Å². The van der Waals surface area contributed by atoms with Crippen molar-refractivity contribution < 1.29 is 5.11 Å². The zero-order chi connectivity index (χ0) is 18.1. The zero-order valence-corrected chi connectivity index (χ0v) is 15.8. The molecule has 1 unspecified atom stereocenters. The van der Waals surface area contributed by atoms with Crippen LogP contribution >= 0.6 is 0 Å². The van der Waals surface area contributed by atoms with E-state index in [1.165, 1.54) is 31.4 Å². The number of aryl methyl sites for hydroxylation is 2. The molecule has 2 aromatic rings. The molecule has 0 radical (unpaired) electrons. The predicted octanol–water partition coefficient (Wildman–Crippen LogP) is 3.54. The monoisotopic (exact) mass is 352 g/mol. The molecule has 1 aromatic carbocycles. The van der Waals surface area contributed by atoms with E-state index in [0.29, 0.717) is 11.8 Å². The summed E-state index contributed by atoms with van der Waals surface area (Å²) in [6.07, 6.45) is 6.75. The fraction of sp³-hybridized carbons (Fsp3) is 0.524. The van der Waals surface area contributed by atoms with Crippen molar-refractivity contribution in [3.63, 3.8) is 0 Å². The van der Waals surface area contributed by atoms with Crippen molar-refractivity contribution in [1.29, 1.82) is 0 Å². The molecular formula is C21H28N4O. The summed E-state index contributed by atoms with van der Waals surface area (Å²) >= 11 is 0. The molecule has 5 heteroatoms. The highest BCUT2D eigenvalue weighted by Crippen LogP contribution is 2.38. The van der Waals surface area contributed by atoms with E-state index in [4.69, 9.17) is 0 Å². The average Bonchev–Trinajstić information content (AvgIpc) is 2.63. The molecule has 1 saturated heterocycles. The van der Waals surface area contributed by atoms with Gasteiger partial charge in [-0.15, -0.1) is 10.2 Å². The fourth-order valence-electron chi connectivity index (χ4n) is 4.31. The van der Waals surface area contributed by atoms with Gasteiger partial charge in [-0.2, -0.15) is 0 Å². The van der Waals surface area contributed by atoms with Gasteiger partial charge >= 0.3 is 0 Å². The summed E-state index contributed by atoms with van der Waals surface area (Å²) in [6.45, 7) is 4.24. The van der Waals surface area contributed by atoms with E-state index in [1.807, 2.05) is 13.0 Å². The van der Waals surface area contributed by atoms with Crippen LogP contribution in [0.1, 0.15) is 42.4 Å². The number of phenols is 1. The van der Waals surface area contributed by atoms with Crippen LogP contribution in [-0.2, 0) is 12.8 Å². The number of piperidine rings is 1. The standard InChI is InChI=1S/C21H28N4O/c1-14-12-19(22-16-7-5-11-25(2)13-16)23-24-20(14)18-10-9-15-6-3-4-8-17(15)21(18)26/h9-10,12,16,26H,3-8,11,13H2,1-2H3,(H,22,23). The smallest absolute Gasteiger partial charge is 0.149 e. The highest BCUT2D eigenvalue weighted by Gasteiger charge is 2.20. The van der Waals surface area contributed by atoms with E-state index in [9.17, 15) is 5.11 Å². The number of anilines is 1. The second-order valence-electron chi connectivity index (χ2n) is 7.81. The Morgan fingerprint density at radius 2 is 2.00 bits per heavy atom. The molecule has 4 rings (SSSR count). The van der Waals surface area contributed by atoms with Gasteiger partial charge in [-0.05, 0) is 87.9 Å². The van der Waals surface area contributed by atoms with Gasteiger partial charge in [0.05, 0.1) is 5.69 Å². The number of aromatic hydroxyl groups is 1. The predicted molar refractivity (Wildman–Crippen MR) is 105 cm³/mol. The average molecular weight is 352 g/mol. The van der Waals surface area contributed by atoms with Crippen molar-refractivity contribution in [3.8, 4) is 17.0 Å². The van der Waals surface area contributed by atoms with E-state index in [2.05, 4.69) is 39.6 Å². The van der Waals surface area contributed by atoms with Crippen molar-refractivity contribution >= 4 is 5.82 Å². The van der Waals surface area contributed by atoms with Crippen LogP contribution in [-0.4, -0.2) is 46.4 Å². The van der Waals surface area contributed by atoms with Gasteiger partial charge in [0.25, 0.3) is 0 Å². The van der Waals surface area contributed by atoms with Crippen LogP contribution in [0.2, 0.25) is 0 Å². The Hall–Kier alpha value is -2.14. The van der Waals surface area contributed by atoms with Gasteiger partial charge in [0.2, 0.25) is 0 Å². The Balaban J connectivity index is 1.58. The number of nitrogens with zero attached hydrogens (tertiary/aromatic N) is 3. The largest absolute Gasteiger partial charge is 0.507 e. The quantitative estimate of drug-likeness (QED) is 0.885. The molecule has 0 amide bonds. The van der Waals surface area contributed by atoms with Gasteiger partial charge in [-0.1, -0.05) is 6.07 Å². The summed E-state index contributed by atoms with van der Waals surface area (Å²) in [4.78, 5) is 2.35. The number of nitrogens with one attached hydrogen (secondary N) is 1. The van der Waals surface area contributed by atoms with Crippen LogP contribution in [0.4, 0.5) is 5.82 Å². The molecule has 2 heterocycles. The third-order valence-corrected chi connectivity index (χ3v) is 5.72. The van der Waals surface area contributed by atoms with E-state index in [-0.39, 0.29) is 0 Å². The van der Waals surface area contributed by atoms with E-state index < -0.39 is 0 Å². The maximum absolute atomic E-state index is 10.8. The maximum atomic E-state index is 10.8. The first-order valence-corrected chi connectivity index (χ1v) is 9.75. The van der Waals surface area contributed by atoms with Crippen LogP contribution < -0.4 is 5.32 Å². The second-order valence-corrected chi connectivity index (χ2v) is 7.81. The molecule has 2 aliphatic rings. The van der Waals surface area contributed by atoms with Crippen LogP contribution in [0.15, 0.2) is 18.2 Å². The van der Waals surface area contributed by atoms with Crippen molar-refractivity contribution in [3.05, 3.63) is 34.9 Å². The molecule has 1 fully saturated rings. The molecular weight excluding hydrogens is 324 g/mol. The first-order valence-electron chi connectivity index (χ1n) is 9.75. The highest BCUT2D eigenvalue weighted by atomic mass is 16.3. The minimum absolute atomic E-state index is 0.397. The summed E-state index contributed by atoms with van der Waals surface area (Å²) in [5.74, 6) is 1.22. The van der Waals surface area contributed by atoms with E-state index in [1.54, 1.807) is 0 Å². The molecule has 1 aliphatic heterocycles. The lowest BCUT2D eigenvalue weighted by atomic mass is 9.88. The lowest BCUT2D eigenvalue weighted by Crippen LogP contribution is -2.39. The fourth-order valence-corrected chi connectivity index (χ4v) is 4.31. The SMILES string of the molecule is Cc1cc(NC2CCCN(C)C2)nnc1-c1ccc2c(c1O)CCCC2. The summed E-state index contributed by atoms with van der Waals surface area (Å²) in [7, 11) is 2.16. The normalized spacial score (nSPS) is 20.6. The van der Waals surface area contributed by atoms with Gasteiger partial charge < -0.3 is 15.3 Å². The Kier molecular flexibility index (Phi) is 4.81. The molecule has 26 heavy (non-hydrogen) atoms. The number of hydrogen-bond acceptors (Lipinski definition) is 5. The summed E-state index contributed by atoms with van der Waals surface area (Å²) in [5.41, 5.74) is 5.00. The molecule has 0 bridgehead atoms. The Labute approximate surface area is 155 Å². The van der Waals surface area contributed by atoms with Crippen LogP contribution in [0.25, 0.3) is 11.3 Å². The molecule has 5 nitrogen and oxygen atoms in total. The molecule has 0 saturated carbocycles. The Morgan fingerprint density at radius 1 is 1.15 bits per heavy atom. The minimum atomic E-state index is 0.397. The van der Waals surface area contributed by atoms with Crippen molar-refractivity contribution in [2.45, 2.75) is 51.5 Å². The van der Waals surface area contributed by atoms with Gasteiger partial charge in [0, 0.05) is 18.2 Å². The topological polar surface area (TPSA) is 61.3 Å². The molecule has 1 aliphatic carbocycles. The summed E-state index contributed by atoms with van der Waals surface area (Å²) < 4.78 is 0. The highest BCUT2D eigenvalue weighted by molar-refractivity contribution is 5.72.